The van der Waals surface area contributed by atoms with E-state index in [1.54, 1.807) is 6.07 Å². The number of hydrogen-bond donors (Lipinski definition) is 1. The van der Waals surface area contributed by atoms with Crippen LogP contribution in [0.2, 0.25) is 5.02 Å². The van der Waals surface area contributed by atoms with Gasteiger partial charge in [0.2, 0.25) is 0 Å². The minimum atomic E-state index is -0.283. The van der Waals surface area contributed by atoms with Crippen LogP contribution < -0.4 is 5.73 Å². The molecule has 2 N–H and O–H groups in total. The molecule has 0 aromatic heterocycles. The van der Waals surface area contributed by atoms with Crippen LogP contribution in [-0.2, 0) is 11.3 Å². The lowest BCUT2D eigenvalue weighted by Gasteiger charge is -2.33. The molecule has 0 amide bonds. The Bertz CT molecular complexity index is 405. The first-order valence-electron chi connectivity index (χ1n) is 6.40. The van der Waals surface area contributed by atoms with E-state index in [2.05, 4.69) is 0 Å². The zero-order valence-electron chi connectivity index (χ0n) is 10.4. The van der Waals surface area contributed by atoms with Crippen molar-refractivity contribution in [1.82, 2.24) is 0 Å². The molecule has 1 saturated carbocycles. The molecule has 0 heterocycles. The fourth-order valence-corrected chi connectivity index (χ4v) is 2.61. The Kier molecular flexibility index (Phi) is 4.60. The Morgan fingerprint density at radius 1 is 1.28 bits per heavy atom. The van der Waals surface area contributed by atoms with Crippen molar-refractivity contribution in [2.24, 2.45) is 5.73 Å². The molecular formula is C14H19ClFNO. The molecule has 0 aliphatic heterocycles. The molecular weight excluding hydrogens is 253 g/mol. The zero-order valence-corrected chi connectivity index (χ0v) is 11.2. The smallest absolute Gasteiger partial charge is 0.128 e. The summed E-state index contributed by atoms with van der Waals surface area (Å²) in [6.07, 6.45) is 5.55. The van der Waals surface area contributed by atoms with Crippen LogP contribution in [0.4, 0.5) is 4.39 Å². The van der Waals surface area contributed by atoms with Gasteiger partial charge in [-0.2, -0.15) is 0 Å². The van der Waals surface area contributed by atoms with Crippen molar-refractivity contribution in [1.29, 1.82) is 0 Å². The minimum absolute atomic E-state index is 0.228. The molecule has 1 aromatic rings. The van der Waals surface area contributed by atoms with E-state index in [9.17, 15) is 4.39 Å². The Morgan fingerprint density at radius 2 is 2.00 bits per heavy atom. The van der Waals surface area contributed by atoms with Crippen LogP contribution >= 0.6 is 11.6 Å². The fourth-order valence-electron chi connectivity index (χ4n) is 2.42. The third kappa shape index (κ3) is 3.67. The van der Waals surface area contributed by atoms with Crippen molar-refractivity contribution in [3.05, 3.63) is 34.6 Å². The van der Waals surface area contributed by atoms with Gasteiger partial charge in [-0.15, -0.1) is 0 Å². The number of rotatable bonds is 4. The molecule has 4 heteroatoms. The Balaban J connectivity index is 1.86. The van der Waals surface area contributed by atoms with E-state index in [1.165, 1.54) is 18.6 Å². The molecule has 18 heavy (non-hydrogen) atoms. The second-order valence-corrected chi connectivity index (χ2v) is 5.59. The van der Waals surface area contributed by atoms with Gasteiger partial charge in [0.15, 0.2) is 0 Å². The van der Waals surface area contributed by atoms with Gasteiger partial charge >= 0.3 is 0 Å². The minimum Gasteiger partial charge on any atom is -0.375 e. The summed E-state index contributed by atoms with van der Waals surface area (Å²) in [5.41, 5.74) is 6.51. The highest BCUT2D eigenvalue weighted by Gasteiger charge is 2.27. The van der Waals surface area contributed by atoms with Crippen LogP contribution in [0, 0.1) is 5.82 Å². The molecule has 0 saturated heterocycles. The summed E-state index contributed by atoms with van der Waals surface area (Å²) < 4.78 is 19.0. The topological polar surface area (TPSA) is 35.2 Å². The van der Waals surface area contributed by atoms with E-state index in [0.717, 1.165) is 25.7 Å². The number of benzene rings is 1. The van der Waals surface area contributed by atoms with Crippen LogP contribution in [-0.4, -0.2) is 12.1 Å². The third-order valence-corrected chi connectivity index (χ3v) is 3.74. The van der Waals surface area contributed by atoms with Gasteiger partial charge in [-0.05, 0) is 31.0 Å². The lowest BCUT2D eigenvalue weighted by Crippen LogP contribution is -2.46. The summed E-state index contributed by atoms with van der Waals surface area (Å²) in [7, 11) is 0. The molecule has 100 valence electrons. The molecule has 1 aromatic carbocycles. The first-order chi connectivity index (χ1) is 8.59. The van der Waals surface area contributed by atoms with Gasteiger partial charge in [-0.25, -0.2) is 4.39 Å². The van der Waals surface area contributed by atoms with E-state index in [4.69, 9.17) is 22.1 Å². The molecule has 1 aliphatic rings. The lowest BCUT2D eigenvalue weighted by molar-refractivity contribution is 0.0560. The van der Waals surface area contributed by atoms with Crippen LogP contribution in [0.5, 0.6) is 0 Å². The molecule has 0 bridgehead atoms. The lowest BCUT2D eigenvalue weighted by atomic mass is 9.83. The predicted octanol–water partition coefficient (Wildman–Crippen LogP) is 3.66. The van der Waals surface area contributed by atoms with E-state index < -0.39 is 0 Å². The molecule has 2 nitrogen and oxygen atoms in total. The summed E-state index contributed by atoms with van der Waals surface area (Å²) in [6.45, 7) is 0.713. The maximum absolute atomic E-state index is 13.5. The standard InChI is InChI=1S/C14H19ClFNO/c15-12-4-5-13(16)11(8-12)9-18-10-14(17)6-2-1-3-7-14/h4-5,8H,1-3,6-7,9-10,17H2. The summed E-state index contributed by atoms with van der Waals surface area (Å²) in [4.78, 5) is 0. The highest BCUT2D eigenvalue weighted by atomic mass is 35.5. The van der Waals surface area contributed by atoms with Crippen LogP contribution in [0.25, 0.3) is 0 Å². The second kappa shape index (κ2) is 6.00. The summed E-state index contributed by atoms with van der Waals surface area (Å²) >= 11 is 5.82. The van der Waals surface area contributed by atoms with Crippen molar-refractivity contribution >= 4 is 11.6 Å². The van der Waals surface area contributed by atoms with Gasteiger partial charge in [-0.1, -0.05) is 30.9 Å². The van der Waals surface area contributed by atoms with Crippen LogP contribution in [0.3, 0.4) is 0 Å². The second-order valence-electron chi connectivity index (χ2n) is 5.15. The van der Waals surface area contributed by atoms with Gasteiger partial charge in [-0.3, -0.25) is 0 Å². The molecule has 1 aliphatic carbocycles. The molecule has 2 rings (SSSR count). The average molecular weight is 272 g/mol. The van der Waals surface area contributed by atoms with Gasteiger partial charge in [0, 0.05) is 16.1 Å². The van der Waals surface area contributed by atoms with Gasteiger partial charge in [0.1, 0.15) is 5.82 Å². The highest BCUT2D eigenvalue weighted by Crippen LogP contribution is 2.26. The number of hydrogen-bond acceptors (Lipinski definition) is 2. The average Bonchev–Trinajstić information content (AvgIpc) is 2.34. The normalized spacial score (nSPS) is 18.8. The number of halogens is 2. The Morgan fingerprint density at radius 3 is 2.72 bits per heavy atom. The van der Waals surface area contributed by atoms with Crippen molar-refractivity contribution in [2.45, 2.75) is 44.2 Å². The molecule has 0 radical (unpaired) electrons. The fraction of sp³-hybridized carbons (Fsp3) is 0.571. The van der Waals surface area contributed by atoms with Crippen molar-refractivity contribution in [2.75, 3.05) is 6.61 Å². The summed E-state index contributed by atoms with van der Waals surface area (Å²) in [5, 5.41) is 0.523. The predicted molar refractivity (Wildman–Crippen MR) is 71.1 cm³/mol. The molecule has 1 fully saturated rings. The van der Waals surface area contributed by atoms with Crippen molar-refractivity contribution < 1.29 is 9.13 Å². The zero-order chi connectivity index (χ0) is 13.0. The molecule has 0 unspecified atom stereocenters. The van der Waals surface area contributed by atoms with Crippen molar-refractivity contribution in [3.63, 3.8) is 0 Å². The molecule has 0 atom stereocenters. The molecule has 0 spiro atoms. The maximum Gasteiger partial charge on any atom is 0.128 e. The number of nitrogens with two attached hydrogens (primary N) is 1. The van der Waals surface area contributed by atoms with Gasteiger partial charge in [0.05, 0.1) is 13.2 Å². The quantitative estimate of drug-likeness (QED) is 0.907. The van der Waals surface area contributed by atoms with Gasteiger partial charge in [0.25, 0.3) is 0 Å². The van der Waals surface area contributed by atoms with Crippen LogP contribution in [0.15, 0.2) is 18.2 Å². The summed E-state index contributed by atoms with van der Waals surface area (Å²) in [5.74, 6) is -0.283. The van der Waals surface area contributed by atoms with E-state index in [1.807, 2.05) is 0 Å². The Hall–Kier alpha value is -0.640. The van der Waals surface area contributed by atoms with Crippen molar-refractivity contribution in [3.8, 4) is 0 Å². The van der Waals surface area contributed by atoms with Gasteiger partial charge < -0.3 is 10.5 Å². The maximum atomic E-state index is 13.5. The first kappa shape index (κ1) is 13.8. The Labute approximate surface area is 112 Å². The van der Waals surface area contributed by atoms with E-state index in [-0.39, 0.29) is 18.0 Å². The monoisotopic (exact) mass is 271 g/mol. The first-order valence-corrected chi connectivity index (χ1v) is 6.77. The van der Waals surface area contributed by atoms with E-state index in [0.29, 0.717) is 17.2 Å². The SMILES string of the molecule is NC1(COCc2cc(Cl)ccc2F)CCCCC1. The largest absolute Gasteiger partial charge is 0.375 e. The number of ether oxygens (including phenoxy) is 1. The van der Waals surface area contributed by atoms with Crippen LogP contribution in [0.1, 0.15) is 37.7 Å². The third-order valence-electron chi connectivity index (χ3n) is 3.50. The highest BCUT2D eigenvalue weighted by molar-refractivity contribution is 6.30. The summed E-state index contributed by atoms with van der Waals surface area (Å²) in [6, 6.07) is 4.49. The van der Waals surface area contributed by atoms with E-state index >= 15 is 0 Å².